The normalized spacial score (nSPS) is 12.5. The minimum absolute atomic E-state index is 0.0842. The SMILES string of the molecule is CCOc1ccc(N(CC(=O)N(Cc2cccc(Br)c2)[C@@H](C)C(=O)N[C@@H](C)CC)S(=O)(=O)c2ccc(OC)c(OC)c2)cc1. The van der Waals surface area contributed by atoms with Gasteiger partial charge in [0.25, 0.3) is 10.0 Å². The summed E-state index contributed by atoms with van der Waals surface area (Å²) in [6.45, 7) is 7.27. The predicted octanol–water partition coefficient (Wildman–Crippen LogP) is 5.39. The third kappa shape index (κ3) is 8.66. The van der Waals surface area contributed by atoms with Gasteiger partial charge < -0.3 is 24.4 Å². The molecule has 0 radical (unpaired) electrons. The molecule has 0 spiro atoms. The molecule has 3 rings (SSSR count). The highest BCUT2D eigenvalue weighted by atomic mass is 79.9. The standard InChI is InChI=1S/C32H40BrN3O7S/c1-7-22(3)34-32(38)23(4)35(20-24-10-9-11-25(33)18-24)31(37)21-36(26-12-14-27(15-13-26)43-8-2)44(39,40)28-16-17-29(41-5)30(19-28)42-6/h9-19,22-23H,7-8,20-21H2,1-6H3,(H,34,38)/t22-,23-/m0/s1. The predicted molar refractivity (Wildman–Crippen MR) is 174 cm³/mol. The zero-order chi connectivity index (χ0) is 32.4. The Labute approximate surface area is 268 Å². The average Bonchev–Trinajstić information content (AvgIpc) is 3.02. The molecule has 3 aromatic rings. The number of hydrogen-bond acceptors (Lipinski definition) is 7. The summed E-state index contributed by atoms with van der Waals surface area (Å²) < 4.78 is 46.4. The lowest BCUT2D eigenvalue weighted by molar-refractivity contribution is -0.139. The van der Waals surface area contributed by atoms with Gasteiger partial charge in [0, 0.05) is 23.1 Å². The molecule has 0 aliphatic rings. The first-order chi connectivity index (χ1) is 20.9. The van der Waals surface area contributed by atoms with Crippen LogP contribution in [0.2, 0.25) is 0 Å². The third-order valence-electron chi connectivity index (χ3n) is 7.07. The van der Waals surface area contributed by atoms with Gasteiger partial charge in [0.2, 0.25) is 11.8 Å². The van der Waals surface area contributed by atoms with Gasteiger partial charge in [-0.25, -0.2) is 8.42 Å². The van der Waals surface area contributed by atoms with Gasteiger partial charge in [0.15, 0.2) is 11.5 Å². The molecule has 0 saturated heterocycles. The summed E-state index contributed by atoms with van der Waals surface area (Å²) in [6, 6.07) is 17.1. The molecule has 0 fully saturated rings. The van der Waals surface area contributed by atoms with Crippen LogP contribution in [0.25, 0.3) is 0 Å². The fourth-order valence-corrected chi connectivity index (χ4v) is 6.27. The minimum atomic E-state index is -4.31. The van der Waals surface area contributed by atoms with E-state index in [1.54, 1.807) is 31.2 Å². The van der Waals surface area contributed by atoms with E-state index in [1.165, 1.54) is 37.3 Å². The number of carbonyl (C=O) groups excluding carboxylic acids is 2. The van der Waals surface area contributed by atoms with Gasteiger partial charge in [-0.05, 0) is 81.3 Å². The number of methoxy groups -OCH3 is 2. The summed E-state index contributed by atoms with van der Waals surface area (Å²) in [7, 11) is -1.45. The van der Waals surface area contributed by atoms with Crippen molar-refractivity contribution in [3.8, 4) is 17.2 Å². The van der Waals surface area contributed by atoms with Crippen LogP contribution < -0.4 is 23.8 Å². The van der Waals surface area contributed by atoms with Crippen molar-refractivity contribution in [3.05, 3.63) is 76.8 Å². The van der Waals surface area contributed by atoms with Crippen molar-refractivity contribution in [3.63, 3.8) is 0 Å². The number of benzene rings is 3. The molecule has 2 amide bonds. The maximum absolute atomic E-state index is 14.2. The molecule has 1 N–H and O–H groups in total. The van der Waals surface area contributed by atoms with E-state index in [9.17, 15) is 18.0 Å². The molecule has 0 saturated carbocycles. The Kier molecular flexibility index (Phi) is 12.5. The molecular weight excluding hydrogens is 650 g/mol. The first kappa shape index (κ1) is 34.7. The molecule has 2 atom stereocenters. The third-order valence-corrected chi connectivity index (χ3v) is 9.33. The van der Waals surface area contributed by atoms with Crippen molar-refractivity contribution in [2.24, 2.45) is 0 Å². The second kappa shape index (κ2) is 15.8. The lowest BCUT2D eigenvalue weighted by atomic mass is 10.1. The molecular formula is C32H40BrN3O7S. The number of sulfonamides is 1. The van der Waals surface area contributed by atoms with Crippen LogP contribution in [0.1, 0.15) is 39.7 Å². The minimum Gasteiger partial charge on any atom is -0.494 e. The Morgan fingerprint density at radius 3 is 2.20 bits per heavy atom. The largest absolute Gasteiger partial charge is 0.494 e. The Hall–Kier alpha value is -3.77. The summed E-state index contributed by atoms with van der Waals surface area (Å²) in [5.74, 6) is 0.236. The first-order valence-corrected chi connectivity index (χ1v) is 16.5. The number of amides is 2. The molecule has 0 aromatic heterocycles. The van der Waals surface area contributed by atoms with E-state index in [0.717, 1.165) is 14.3 Å². The Morgan fingerprint density at radius 2 is 1.61 bits per heavy atom. The molecule has 0 unspecified atom stereocenters. The van der Waals surface area contributed by atoms with Crippen LogP contribution in [0.15, 0.2) is 76.1 Å². The van der Waals surface area contributed by atoms with E-state index in [-0.39, 0.29) is 34.8 Å². The zero-order valence-corrected chi connectivity index (χ0v) is 28.3. The number of anilines is 1. The number of hydrogen-bond donors (Lipinski definition) is 1. The monoisotopic (exact) mass is 689 g/mol. The average molecular weight is 691 g/mol. The number of rotatable bonds is 15. The van der Waals surface area contributed by atoms with Crippen LogP contribution in [0.3, 0.4) is 0 Å². The fourth-order valence-electron chi connectivity index (χ4n) is 4.39. The topological polar surface area (TPSA) is 114 Å². The van der Waals surface area contributed by atoms with Gasteiger partial charge in [-0.3, -0.25) is 13.9 Å². The zero-order valence-electron chi connectivity index (χ0n) is 25.9. The lowest BCUT2D eigenvalue weighted by Gasteiger charge is -2.32. The van der Waals surface area contributed by atoms with Crippen molar-refractivity contribution < 1.29 is 32.2 Å². The Morgan fingerprint density at radius 1 is 0.932 bits per heavy atom. The number of ether oxygens (including phenoxy) is 3. The van der Waals surface area contributed by atoms with Crippen LogP contribution in [-0.4, -0.2) is 64.6 Å². The van der Waals surface area contributed by atoms with E-state index in [1.807, 2.05) is 45.0 Å². The summed E-state index contributed by atoms with van der Waals surface area (Å²) in [6.07, 6.45) is 0.715. The van der Waals surface area contributed by atoms with Crippen LogP contribution in [0.4, 0.5) is 5.69 Å². The van der Waals surface area contributed by atoms with Crippen LogP contribution >= 0.6 is 15.9 Å². The highest BCUT2D eigenvalue weighted by Gasteiger charge is 2.33. The lowest BCUT2D eigenvalue weighted by Crippen LogP contribution is -2.52. The van der Waals surface area contributed by atoms with Crippen molar-refractivity contribution in [1.82, 2.24) is 10.2 Å². The van der Waals surface area contributed by atoms with Gasteiger partial charge >= 0.3 is 0 Å². The molecule has 0 heterocycles. The molecule has 0 aliphatic carbocycles. The van der Waals surface area contributed by atoms with E-state index in [4.69, 9.17) is 14.2 Å². The van der Waals surface area contributed by atoms with Crippen LogP contribution in [0, 0.1) is 0 Å². The second-order valence-corrected chi connectivity index (χ2v) is 12.9. The maximum Gasteiger partial charge on any atom is 0.264 e. The second-order valence-electron chi connectivity index (χ2n) is 10.1. The van der Waals surface area contributed by atoms with E-state index < -0.39 is 28.5 Å². The van der Waals surface area contributed by atoms with E-state index in [2.05, 4.69) is 21.2 Å². The molecule has 0 bridgehead atoms. The highest BCUT2D eigenvalue weighted by molar-refractivity contribution is 9.10. The maximum atomic E-state index is 14.2. The summed E-state index contributed by atoms with van der Waals surface area (Å²) in [4.78, 5) is 28.7. The summed E-state index contributed by atoms with van der Waals surface area (Å²) in [5.41, 5.74) is 1.02. The quantitative estimate of drug-likeness (QED) is 0.228. The first-order valence-electron chi connectivity index (χ1n) is 14.3. The molecule has 12 heteroatoms. The van der Waals surface area contributed by atoms with Crippen molar-refractivity contribution >= 4 is 43.5 Å². The smallest absolute Gasteiger partial charge is 0.264 e. The van der Waals surface area contributed by atoms with E-state index in [0.29, 0.717) is 24.5 Å². The van der Waals surface area contributed by atoms with Gasteiger partial charge in [-0.15, -0.1) is 0 Å². The Bertz CT molecular complexity index is 1530. The Balaban J connectivity index is 2.08. The fraction of sp³-hybridized carbons (Fsp3) is 0.375. The summed E-state index contributed by atoms with van der Waals surface area (Å²) in [5, 5.41) is 2.93. The number of nitrogens with zero attached hydrogens (tertiary/aromatic N) is 2. The molecule has 10 nitrogen and oxygen atoms in total. The van der Waals surface area contributed by atoms with Gasteiger partial charge in [0.1, 0.15) is 18.3 Å². The van der Waals surface area contributed by atoms with Crippen molar-refractivity contribution in [2.45, 2.75) is 57.6 Å². The van der Waals surface area contributed by atoms with Crippen molar-refractivity contribution in [2.75, 3.05) is 31.7 Å². The molecule has 238 valence electrons. The number of carbonyl (C=O) groups is 2. The van der Waals surface area contributed by atoms with Crippen molar-refractivity contribution in [1.29, 1.82) is 0 Å². The molecule has 0 aliphatic heterocycles. The van der Waals surface area contributed by atoms with Gasteiger partial charge in [-0.2, -0.15) is 0 Å². The van der Waals surface area contributed by atoms with Gasteiger partial charge in [-0.1, -0.05) is 35.0 Å². The molecule has 3 aromatic carbocycles. The van der Waals surface area contributed by atoms with E-state index >= 15 is 0 Å². The summed E-state index contributed by atoms with van der Waals surface area (Å²) >= 11 is 3.46. The number of halogens is 1. The number of nitrogens with one attached hydrogen (secondary N) is 1. The van der Waals surface area contributed by atoms with Crippen LogP contribution in [-0.2, 0) is 26.2 Å². The van der Waals surface area contributed by atoms with Crippen LogP contribution in [0.5, 0.6) is 17.2 Å². The van der Waals surface area contributed by atoms with Gasteiger partial charge in [0.05, 0.1) is 31.4 Å². The highest BCUT2D eigenvalue weighted by Crippen LogP contribution is 2.33. The molecule has 44 heavy (non-hydrogen) atoms.